The van der Waals surface area contributed by atoms with Crippen molar-refractivity contribution in [2.45, 2.75) is 43.9 Å². The Morgan fingerprint density at radius 3 is 2.50 bits per heavy atom. The molecule has 2 aliphatic rings. The Morgan fingerprint density at radius 2 is 1.80 bits per heavy atom. The molecule has 5 rings (SSSR count). The van der Waals surface area contributed by atoms with Crippen LogP contribution in [0.15, 0.2) is 41.3 Å². The molecule has 2 fully saturated rings. The molecule has 0 radical (unpaired) electrons. The van der Waals surface area contributed by atoms with Crippen LogP contribution in [-0.2, 0) is 4.74 Å². The number of aromatic amines is 1. The predicted octanol–water partition coefficient (Wildman–Crippen LogP) is 3.94. The molecule has 3 heterocycles. The molecule has 0 unspecified atom stereocenters. The number of hydrogen-bond acceptors (Lipinski definition) is 5. The number of ether oxygens (including phenoxy) is 1. The highest BCUT2D eigenvalue weighted by molar-refractivity contribution is 6.30. The zero-order valence-electron chi connectivity index (χ0n) is 17.0. The molecule has 8 heteroatoms. The largest absolute Gasteiger partial charge is 0.379 e. The Labute approximate surface area is 180 Å². The highest BCUT2D eigenvalue weighted by atomic mass is 35.5. The Bertz CT molecular complexity index is 1080. The lowest BCUT2D eigenvalue weighted by Gasteiger charge is -2.45. The minimum absolute atomic E-state index is 0.130. The van der Waals surface area contributed by atoms with E-state index in [2.05, 4.69) is 15.2 Å². The fraction of sp³-hybridized carbons (Fsp3) is 0.455. The van der Waals surface area contributed by atoms with Gasteiger partial charge in [0.2, 0.25) is 0 Å². The van der Waals surface area contributed by atoms with Gasteiger partial charge in [-0.05, 0) is 56.0 Å². The second kappa shape index (κ2) is 8.06. The van der Waals surface area contributed by atoms with Crippen molar-refractivity contribution in [2.75, 3.05) is 25.5 Å². The van der Waals surface area contributed by atoms with Gasteiger partial charge in [0.05, 0.1) is 17.7 Å². The first-order chi connectivity index (χ1) is 14.6. The van der Waals surface area contributed by atoms with Gasteiger partial charge in [0, 0.05) is 43.1 Å². The number of rotatable bonds is 5. The highest BCUT2D eigenvalue weighted by Crippen LogP contribution is 2.36. The first-order valence-electron chi connectivity index (χ1n) is 10.5. The van der Waals surface area contributed by atoms with Crippen LogP contribution in [0.5, 0.6) is 0 Å². The molecule has 2 aromatic heterocycles. The standard InChI is InChI=1S/C22H26ClN5O2/c1-30-18-12-27(13-18)16-6-8-17(9-7-16)28-19-10-11-24-22(29)20(19)21(26-28)25-15-4-2-14(23)3-5-15/h2-5,10-11,16-18H,6-9,12-13H2,1H3,(H,24,29)(H,25,26). The Morgan fingerprint density at radius 1 is 1.10 bits per heavy atom. The number of nitrogens with one attached hydrogen (secondary N) is 2. The van der Waals surface area contributed by atoms with Gasteiger partial charge in [-0.25, -0.2) is 0 Å². The maximum Gasteiger partial charge on any atom is 0.261 e. The van der Waals surface area contributed by atoms with Gasteiger partial charge in [-0.2, -0.15) is 5.10 Å². The van der Waals surface area contributed by atoms with E-state index in [4.69, 9.17) is 21.4 Å². The summed E-state index contributed by atoms with van der Waals surface area (Å²) in [6, 6.07) is 10.3. The molecule has 158 valence electrons. The predicted molar refractivity (Wildman–Crippen MR) is 119 cm³/mol. The molecule has 3 aromatic rings. The Balaban J connectivity index is 1.38. The molecule has 1 saturated heterocycles. The van der Waals surface area contributed by atoms with E-state index in [9.17, 15) is 4.79 Å². The van der Waals surface area contributed by atoms with Crippen LogP contribution in [0.3, 0.4) is 0 Å². The molecule has 2 N–H and O–H groups in total. The zero-order chi connectivity index (χ0) is 20.7. The molecule has 1 saturated carbocycles. The number of fused-ring (bicyclic) bond motifs is 1. The molecular weight excluding hydrogens is 402 g/mol. The fourth-order valence-corrected chi connectivity index (χ4v) is 4.85. The van der Waals surface area contributed by atoms with Gasteiger partial charge < -0.3 is 15.0 Å². The van der Waals surface area contributed by atoms with E-state index >= 15 is 0 Å². The molecule has 30 heavy (non-hydrogen) atoms. The first kappa shape index (κ1) is 19.6. The quantitative estimate of drug-likeness (QED) is 0.645. The molecule has 7 nitrogen and oxygen atoms in total. The van der Waals surface area contributed by atoms with Gasteiger partial charge in [0.15, 0.2) is 5.82 Å². The molecular formula is C22H26ClN5O2. The van der Waals surface area contributed by atoms with Gasteiger partial charge >= 0.3 is 0 Å². The van der Waals surface area contributed by atoms with Crippen LogP contribution in [0.1, 0.15) is 31.7 Å². The van der Waals surface area contributed by atoms with E-state index < -0.39 is 0 Å². The summed E-state index contributed by atoms with van der Waals surface area (Å²) in [5, 5.41) is 9.41. The maximum absolute atomic E-state index is 12.6. The average molecular weight is 428 g/mol. The summed E-state index contributed by atoms with van der Waals surface area (Å²) in [5.74, 6) is 0.585. The molecule has 1 aromatic carbocycles. The number of hydrogen-bond donors (Lipinski definition) is 2. The van der Waals surface area contributed by atoms with E-state index in [-0.39, 0.29) is 5.56 Å². The highest BCUT2D eigenvalue weighted by Gasteiger charge is 2.35. The topological polar surface area (TPSA) is 75.2 Å². The molecule has 0 bridgehead atoms. The summed E-state index contributed by atoms with van der Waals surface area (Å²) >= 11 is 5.99. The monoisotopic (exact) mass is 427 g/mol. The van der Waals surface area contributed by atoms with E-state index in [0.29, 0.717) is 34.4 Å². The molecule has 0 atom stereocenters. The summed E-state index contributed by atoms with van der Waals surface area (Å²) in [6.45, 7) is 2.09. The Hall–Kier alpha value is -2.35. The van der Waals surface area contributed by atoms with E-state index in [0.717, 1.165) is 50.0 Å². The first-order valence-corrected chi connectivity index (χ1v) is 10.9. The minimum atomic E-state index is -0.130. The SMILES string of the molecule is COC1CN(C2CCC(n3nc(Nc4ccc(Cl)cc4)c4c(=O)[nH]ccc43)CC2)C1. The van der Waals surface area contributed by atoms with Crippen LogP contribution in [0.2, 0.25) is 5.02 Å². The second-order valence-corrected chi connectivity index (χ2v) is 8.70. The lowest BCUT2D eigenvalue weighted by molar-refractivity contribution is -0.0592. The fourth-order valence-electron chi connectivity index (χ4n) is 4.72. The third-order valence-electron chi connectivity index (χ3n) is 6.48. The van der Waals surface area contributed by atoms with Crippen molar-refractivity contribution in [3.63, 3.8) is 0 Å². The zero-order valence-corrected chi connectivity index (χ0v) is 17.7. The molecule has 0 amide bonds. The number of aromatic nitrogens is 3. The summed E-state index contributed by atoms with van der Waals surface area (Å²) in [7, 11) is 1.79. The number of nitrogens with zero attached hydrogens (tertiary/aromatic N) is 3. The van der Waals surface area contributed by atoms with Crippen LogP contribution < -0.4 is 10.9 Å². The molecule has 1 aliphatic carbocycles. The summed E-state index contributed by atoms with van der Waals surface area (Å²) < 4.78 is 7.46. The average Bonchev–Trinajstić information content (AvgIpc) is 3.09. The lowest BCUT2D eigenvalue weighted by Crippen LogP contribution is -2.56. The molecule has 1 aliphatic heterocycles. The van der Waals surface area contributed by atoms with Crippen molar-refractivity contribution >= 4 is 34.0 Å². The number of halogens is 1. The normalized spacial score (nSPS) is 22.9. The van der Waals surface area contributed by atoms with Crippen molar-refractivity contribution in [1.82, 2.24) is 19.7 Å². The van der Waals surface area contributed by atoms with Crippen LogP contribution in [0.25, 0.3) is 10.9 Å². The number of methoxy groups -OCH3 is 1. The van der Waals surface area contributed by atoms with Crippen LogP contribution in [-0.4, -0.2) is 52.0 Å². The smallest absolute Gasteiger partial charge is 0.261 e. The van der Waals surface area contributed by atoms with Gasteiger partial charge in [-0.15, -0.1) is 0 Å². The minimum Gasteiger partial charge on any atom is -0.379 e. The van der Waals surface area contributed by atoms with Crippen LogP contribution >= 0.6 is 11.6 Å². The second-order valence-electron chi connectivity index (χ2n) is 8.27. The van der Waals surface area contributed by atoms with E-state index in [1.807, 2.05) is 35.0 Å². The van der Waals surface area contributed by atoms with Gasteiger partial charge in [-0.1, -0.05) is 11.6 Å². The lowest BCUT2D eigenvalue weighted by atomic mass is 9.88. The maximum atomic E-state index is 12.6. The molecule has 0 spiro atoms. The Kier molecular flexibility index (Phi) is 5.26. The number of anilines is 2. The van der Waals surface area contributed by atoms with Crippen molar-refractivity contribution in [3.8, 4) is 0 Å². The van der Waals surface area contributed by atoms with E-state index in [1.54, 1.807) is 13.3 Å². The van der Waals surface area contributed by atoms with E-state index in [1.165, 1.54) is 0 Å². The van der Waals surface area contributed by atoms with Gasteiger partial charge in [-0.3, -0.25) is 14.4 Å². The van der Waals surface area contributed by atoms with Gasteiger partial charge in [0.25, 0.3) is 5.56 Å². The number of likely N-dealkylation sites (tertiary alicyclic amines) is 1. The van der Waals surface area contributed by atoms with Crippen LogP contribution in [0, 0.1) is 0 Å². The third-order valence-corrected chi connectivity index (χ3v) is 6.73. The summed E-state index contributed by atoms with van der Waals surface area (Å²) in [4.78, 5) is 17.9. The van der Waals surface area contributed by atoms with Crippen molar-refractivity contribution in [3.05, 3.63) is 51.9 Å². The van der Waals surface area contributed by atoms with Crippen molar-refractivity contribution < 1.29 is 4.74 Å². The van der Waals surface area contributed by atoms with Gasteiger partial charge in [0.1, 0.15) is 5.39 Å². The number of H-pyrrole nitrogens is 1. The third kappa shape index (κ3) is 3.62. The van der Waals surface area contributed by atoms with Crippen molar-refractivity contribution in [1.29, 1.82) is 0 Å². The summed E-state index contributed by atoms with van der Waals surface area (Å²) in [5.41, 5.74) is 1.60. The number of benzene rings is 1. The van der Waals surface area contributed by atoms with Crippen molar-refractivity contribution in [2.24, 2.45) is 0 Å². The van der Waals surface area contributed by atoms with Crippen LogP contribution in [0.4, 0.5) is 11.5 Å². The summed E-state index contributed by atoms with van der Waals surface area (Å²) in [6.07, 6.45) is 6.50. The number of pyridine rings is 1.